The monoisotopic (exact) mass is 364 g/mol. The van der Waals surface area contributed by atoms with Crippen LogP contribution in [-0.2, 0) is 13.1 Å². The van der Waals surface area contributed by atoms with E-state index in [1.54, 1.807) is 0 Å². The van der Waals surface area contributed by atoms with E-state index in [4.69, 9.17) is 32.7 Å². The van der Waals surface area contributed by atoms with Crippen LogP contribution in [0.5, 0.6) is 11.5 Å². The van der Waals surface area contributed by atoms with E-state index >= 15 is 0 Å². The molecule has 2 heterocycles. The van der Waals surface area contributed by atoms with E-state index in [-0.39, 0.29) is 0 Å². The van der Waals surface area contributed by atoms with Crippen molar-refractivity contribution in [1.29, 1.82) is 0 Å². The number of hydrogen-bond acceptors (Lipinski definition) is 4. The Bertz CT molecular complexity index is 690. The molecular formula is C18H18Cl2N2O2. The smallest absolute Gasteiger partial charge is 0.144 e. The minimum Gasteiger partial charge on any atom is -0.476 e. The summed E-state index contributed by atoms with van der Waals surface area (Å²) in [6.45, 7) is 4.65. The number of para-hydroxylation sites is 2. The molecule has 2 aliphatic rings. The van der Waals surface area contributed by atoms with Crippen molar-refractivity contribution in [3.8, 4) is 11.5 Å². The third kappa shape index (κ3) is 3.20. The molecule has 4 rings (SSSR count). The lowest BCUT2D eigenvalue weighted by Crippen LogP contribution is -2.41. The van der Waals surface area contributed by atoms with Crippen molar-refractivity contribution in [1.82, 2.24) is 9.80 Å². The Hall–Kier alpha value is -1.46. The van der Waals surface area contributed by atoms with Gasteiger partial charge in [-0.25, -0.2) is 0 Å². The highest BCUT2D eigenvalue weighted by molar-refractivity contribution is 6.32. The number of fused-ring (bicyclic) bond motifs is 2. The lowest BCUT2D eigenvalue weighted by Gasteiger charge is -2.33. The Kier molecular flexibility index (Phi) is 4.55. The zero-order valence-corrected chi connectivity index (χ0v) is 14.7. The average molecular weight is 365 g/mol. The van der Waals surface area contributed by atoms with Gasteiger partial charge in [0.25, 0.3) is 0 Å². The SMILES string of the molecule is Clc1cccc2c1OCN(CCN1COc3c(Cl)cccc3C1)C2. The van der Waals surface area contributed by atoms with Gasteiger partial charge >= 0.3 is 0 Å². The molecule has 0 saturated carbocycles. The van der Waals surface area contributed by atoms with Gasteiger partial charge in [-0.15, -0.1) is 0 Å². The number of rotatable bonds is 3. The molecule has 0 N–H and O–H groups in total. The number of nitrogens with zero attached hydrogens (tertiary/aromatic N) is 2. The van der Waals surface area contributed by atoms with E-state index in [0.29, 0.717) is 23.5 Å². The number of hydrogen-bond donors (Lipinski definition) is 0. The molecule has 126 valence electrons. The quantitative estimate of drug-likeness (QED) is 0.821. The molecule has 2 aromatic carbocycles. The summed E-state index contributed by atoms with van der Waals surface area (Å²) in [6.07, 6.45) is 0. The van der Waals surface area contributed by atoms with Crippen molar-refractivity contribution in [2.75, 3.05) is 26.6 Å². The van der Waals surface area contributed by atoms with Gasteiger partial charge in [0.2, 0.25) is 0 Å². The first-order valence-corrected chi connectivity index (χ1v) is 8.71. The maximum Gasteiger partial charge on any atom is 0.144 e. The molecule has 6 heteroatoms. The predicted octanol–water partition coefficient (Wildman–Crippen LogP) is 4.00. The van der Waals surface area contributed by atoms with E-state index in [1.165, 1.54) is 0 Å². The Balaban J connectivity index is 1.35. The summed E-state index contributed by atoms with van der Waals surface area (Å²) in [5.41, 5.74) is 2.28. The van der Waals surface area contributed by atoms with Crippen molar-refractivity contribution in [3.63, 3.8) is 0 Å². The van der Waals surface area contributed by atoms with Crippen LogP contribution in [0.1, 0.15) is 11.1 Å². The van der Waals surface area contributed by atoms with E-state index in [0.717, 1.165) is 48.8 Å². The molecule has 0 aliphatic carbocycles. The summed E-state index contributed by atoms with van der Waals surface area (Å²) in [6, 6.07) is 11.8. The van der Waals surface area contributed by atoms with Gasteiger partial charge in [0.1, 0.15) is 25.0 Å². The Labute approximate surface area is 151 Å². The van der Waals surface area contributed by atoms with Crippen molar-refractivity contribution in [2.24, 2.45) is 0 Å². The van der Waals surface area contributed by atoms with Crippen LogP contribution in [0.25, 0.3) is 0 Å². The van der Waals surface area contributed by atoms with Crippen LogP contribution in [0.3, 0.4) is 0 Å². The molecule has 4 nitrogen and oxygen atoms in total. The van der Waals surface area contributed by atoms with Gasteiger partial charge in [0, 0.05) is 37.3 Å². The van der Waals surface area contributed by atoms with Gasteiger partial charge in [0.05, 0.1) is 10.0 Å². The van der Waals surface area contributed by atoms with Crippen LogP contribution in [0, 0.1) is 0 Å². The first-order valence-electron chi connectivity index (χ1n) is 7.96. The second-order valence-electron chi connectivity index (χ2n) is 6.11. The Morgan fingerprint density at radius 3 is 1.67 bits per heavy atom. The molecule has 0 amide bonds. The number of benzene rings is 2. The van der Waals surface area contributed by atoms with Crippen LogP contribution in [0.2, 0.25) is 10.0 Å². The van der Waals surface area contributed by atoms with Gasteiger partial charge in [-0.1, -0.05) is 47.5 Å². The molecular weight excluding hydrogens is 347 g/mol. The normalized spacial score (nSPS) is 17.6. The van der Waals surface area contributed by atoms with Crippen LogP contribution < -0.4 is 9.47 Å². The Morgan fingerprint density at radius 1 is 0.750 bits per heavy atom. The predicted molar refractivity (Wildman–Crippen MR) is 94.7 cm³/mol. The van der Waals surface area contributed by atoms with E-state index in [2.05, 4.69) is 21.9 Å². The minimum atomic E-state index is 0.563. The maximum atomic E-state index is 6.17. The van der Waals surface area contributed by atoms with Gasteiger partial charge in [0.15, 0.2) is 0 Å². The zero-order valence-electron chi connectivity index (χ0n) is 13.2. The summed E-state index contributed by atoms with van der Waals surface area (Å²) in [5, 5.41) is 1.37. The number of halogens is 2. The fourth-order valence-electron chi connectivity index (χ4n) is 3.13. The van der Waals surface area contributed by atoms with E-state index in [1.807, 2.05) is 24.3 Å². The second-order valence-corrected chi connectivity index (χ2v) is 6.92. The molecule has 0 spiro atoms. The summed E-state index contributed by atoms with van der Waals surface area (Å²) in [5.74, 6) is 1.64. The van der Waals surface area contributed by atoms with Crippen molar-refractivity contribution >= 4 is 23.2 Å². The molecule has 0 unspecified atom stereocenters. The fraction of sp³-hybridized carbons (Fsp3) is 0.333. The molecule has 0 saturated heterocycles. The molecule has 0 radical (unpaired) electrons. The van der Waals surface area contributed by atoms with Crippen molar-refractivity contribution in [2.45, 2.75) is 13.1 Å². The minimum absolute atomic E-state index is 0.563. The van der Waals surface area contributed by atoms with Crippen LogP contribution in [0.15, 0.2) is 36.4 Å². The third-order valence-corrected chi connectivity index (χ3v) is 5.00. The zero-order chi connectivity index (χ0) is 16.5. The van der Waals surface area contributed by atoms with E-state index < -0.39 is 0 Å². The lowest BCUT2D eigenvalue weighted by atomic mass is 10.1. The van der Waals surface area contributed by atoms with Crippen LogP contribution >= 0.6 is 23.2 Å². The highest BCUT2D eigenvalue weighted by Crippen LogP contribution is 2.33. The summed E-state index contributed by atoms with van der Waals surface area (Å²) < 4.78 is 11.6. The molecule has 0 fully saturated rings. The summed E-state index contributed by atoms with van der Waals surface area (Å²) >= 11 is 12.3. The lowest BCUT2D eigenvalue weighted by molar-refractivity contribution is 0.0523. The van der Waals surface area contributed by atoms with Gasteiger partial charge in [-0.2, -0.15) is 0 Å². The van der Waals surface area contributed by atoms with Crippen LogP contribution in [0.4, 0.5) is 0 Å². The second kappa shape index (κ2) is 6.81. The molecule has 2 aromatic rings. The summed E-state index contributed by atoms with van der Waals surface area (Å²) in [4.78, 5) is 4.54. The molecule has 0 atom stereocenters. The Morgan fingerprint density at radius 2 is 1.21 bits per heavy atom. The highest BCUT2D eigenvalue weighted by Gasteiger charge is 2.22. The average Bonchev–Trinajstić information content (AvgIpc) is 2.60. The highest BCUT2D eigenvalue weighted by atomic mass is 35.5. The van der Waals surface area contributed by atoms with Gasteiger partial charge < -0.3 is 9.47 Å². The first-order chi connectivity index (χ1) is 11.7. The molecule has 2 aliphatic heterocycles. The summed E-state index contributed by atoms with van der Waals surface area (Å²) in [7, 11) is 0. The standard InChI is InChI=1S/C18H18Cl2N2O2/c19-15-5-1-3-13-9-21(11-23-17(13)15)7-8-22-10-14-4-2-6-16(20)18(14)24-12-22/h1-6H,7-12H2. The first kappa shape index (κ1) is 16.0. The van der Waals surface area contributed by atoms with Crippen molar-refractivity contribution in [3.05, 3.63) is 57.6 Å². The van der Waals surface area contributed by atoms with Crippen LogP contribution in [-0.4, -0.2) is 36.4 Å². The van der Waals surface area contributed by atoms with E-state index in [9.17, 15) is 0 Å². The maximum absolute atomic E-state index is 6.17. The van der Waals surface area contributed by atoms with Gasteiger partial charge in [-0.3, -0.25) is 9.80 Å². The fourth-order valence-corrected chi connectivity index (χ4v) is 3.63. The molecule has 0 aromatic heterocycles. The molecule has 24 heavy (non-hydrogen) atoms. The number of ether oxygens (including phenoxy) is 2. The topological polar surface area (TPSA) is 24.9 Å². The van der Waals surface area contributed by atoms with Crippen molar-refractivity contribution < 1.29 is 9.47 Å². The largest absolute Gasteiger partial charge is 0.476 e. The third-order valence-electron chi connectivity index (χ3n) is 4.40. The van der Waals surface area contributed by atoms with Gasteiger partial charge in [-0.05, 0) is 12.1 Å². The molecule has 0 bridgehead atoms.